The summed E-state index contributed by atoms with van der Waals surface area (Å²) in [7, 11) is 1.87. The number of hydrogen-bond acceptors (Lipinski definition) is 6. The summed E-state index contributed by atoms with van der Waals surface area (Å²) in [4.78, 5) is 26.5. The fourth-order valence-electron chi connectivity index (χ4n) is 3.30. The normalized spacial score (nSPS) is 14.1. The summed E-state index contributed by atoms with van der Waals surface area (Å²) in [5.74, 6) is 0.166. The van der Waals surface area contributed by atoms with Crippen molar-refractivity contribution in [1.29, 1.82) is 0 Å². The highest BCUT2D eigenvalue weighted by Gasteiger charge is 2.26. The number of amides is 2. The first-order valence-corrected chi connectivity index (χ1v) is 11.0. The quantitative estimate of drug-likeness (QED) is 0.699. The van der Waals surface area contributed by atoms with Crippen molar-refractivity contribution < 1.29 is 27.5 Å². The van der Waals surface area contributed by atoms with Crippen LogP contribution in [-0.4, -0.2) is 59.4 Å². The van der Waals surface area contributed by atoms with E-state index in [0.29, 0.717) is 30.1 Å². The van der Waals surface area contributed by atoms with Crippen molar-refractivity contribution in [3.8, 4) is 11.5 Å². The lowest BCUT2D eigenvalue weighted by Crippen LogP contribution is -2.24. The highest BCUT2D eigenvalue weighted by molar-refractivity contribution is 7.89. The van der Waals surface area contributed by atoms with Gasteiger partial charge in [0.05, 0.1) is 19.9 Å². The van der Waals surface area contributed by atoms with Crippen molar-refractivity contribution in [3.05, 3.63) is 42.0 Å². The molecule has 1 aliphatic heterocycles. The monoisotopic (exact) mass is 447 g/mol. The second-order valence-electron chi connectivity index (χ2n) is 7.14. The van der Waals surface area contributed by atoms with Gasteiger partial charge in [0.1, 0.15) is 16.4 Å². The Bertz CT molecular complexity index is 1110. The van der Waals surface area contributed by atoms with Crippen LogP contribution in [0.3, 0.4) is 0 Å². The predicted molar refractivity (Wildman–Crippen MR) is 116 cm³/mol. The van der Waals surface area contributed by atoms with Gasteiger partial charge < -0.3 is 19.7 Å². The molecule has 0 aliphatic carbocycles. The third-order valence-electron chi connectivity index (χ3n) is 4.99. The van der Waals surface area contributed by atoms with E-state index in [4.69, 9.17) is 9.47 Å². The summed E-state index contributed by atoms with van der Waals surface area (Å²) < 4.78 is 36.8. The summed E-state index contributed by atoms with van der Waals surface area (Å²) >= 11 is 0. The van der Waals surface area contributed by atoms with E-state index in [9.17, 15) is 18.0 Å². The largest absolute Gasteiger partial charge is 0.495 e. The van der Waals surface area contributed by atoms with Gasteiger partial charge in [0.2, 0.25) is 15.9 Å². The fourth-order valence-corrected chi connectivity index (χ4v) is 4.38. The molecule has 10 heteroatoms. The zero-order valence-corrected chi connectivity index (χ0v) is 18.7. The standard InChI is InChI=1S/C21H25N3O6S/c1-23(2)31(27,28)19-12-14(7-9-18(19)30-4)21(26)22-15-8-10-17(29-3)16(13-15)24-11-5-6-20(24)25/h7-10,12-13H,5-6,11H2,1-4H3,(H,22,26). The molecule has 0 bridgehead atoms. The van der Waals surface area contributed by atoms with Crippen molar-refractivity contribution >= 4 is 33.2 Å². The molecule has 166 valence electrons. The lowest BCUT2D eigenvalue weighted by molar-refractivity contribution is -0.117. The number of carbonyl (C=O) groups excluding carboxylic acids is 2. The summed E-state index contributed by atoms with van der Waals surface area (Å²) in [6.45, 7) is 0.580. The van der Waals surface area contributed by atoms with Crippen molar-refractivity contribution in [2.75, 3.05) is 45.1 Å². The van der Waals surface area contributed by atoms with Crippen LogP contribution in [-0.2, 0) is 14.8 Å². The predicted octanol–water partition coefficient (Wildman–Crippen LogP) is 2.33. The van der Waals surface area contributed by atoms with Gasteiger partial charge in [-0.15, -0.1) is 0 Å². The van der Waals surface area contributed by atoms with E-state index in [1.54, 1.807) is 23.1 Å². The number of methoxy groups -OCH3 is 2. The van der Waals surface area contributed by atoms with Gasteiger partial charge in [0.15, 0.2) is 0 Å². The average molecular weight is 448 g/mol. The molecule has 2 aromatic carbocycles. The van der Waals surface area contributed by atoms with Gasteiger partial charge >= 0.3 is 0 Å². The third kappa shape index (κ3) is 4.49. The maximum Gasteiger partial charge on any atom is 0.255 e. The van der Waals surface area contributed by atoms with E-state index < -0.39 is 15.9 Å². The Kier molecular flexibility index (Phi) is 6.51. The third-order valence-corrected chi connectivity index (χ3v) is 6.82. The molecule has 31 heavy (non-hydrogen) atoms. The number of sulfonamides is 1. The van der Waals surface area contributed by atoms with Crippen molar-refractivity contribution in [2.24, 2.45) is 0 Å². The molecule has 0 saturated carbocycles. The molecule has 2 amide bonds. The number of rotatable bonds is 7. The second kappa shape index (κ2) is 8.94. The number of nitrogens with one attached hydrogen (secondary N) is 1. The molecule has 1 saturated heterocycles. The van der Waals surface area contributed by atoms with E-state index in [2.05, 4.69) is 5.32 Å². The number of ether oxygens (including phenoxy) is 2. The second-order valence-corrected chi connectivity index (χ2v) is 9.26. The SMILES string of the molecule is COc1ccc(NC(=O)c2ccc(OC)c(S(=O)(=O)N(C)C)c2)cc1N1CCCC1=O. The molecule has 0 spiro atoms. The number of anilines is 2. The highest BCUT2D eigenvalue weighted by Crippen LogP contribution is 2.34. The molecule has 1 aliphatic rings. The van der Waals surface area contributed by atoms with Gasteiger partial charge in [0.25, 0.3) is 5.91 Å². The number of carbonyl (C=O) groups is 2. The van der Waals surface area contributed by atoms with Crippen LogP contribution in [0.5, 0.6) is 11.5 Å². The minimum atomic E-state index is -3.81. The molecule has 9 nitrogen and oxygen atoms in total. The van der Waals surface area contributed by atoms with Gasteiger partial charge in [-0.2, -0.15) is 0 Å². The number of benzene rings is 2. The van der Waals surface area contributed by atoms with Crippen molar-refractivity contribution in [1.82, 2.24) is 4.31 Å². The Balaban J connectivity index is 1.92. The van der Waals surface area contributed by atoms with Gasteiger partial charge in [-0.3, -0.25) is 9.59 Å². The van der Waals surface area contributed by atoms with E-state index >= 15 is 0 Å². The lowest BCUT2D eigenvalue weighted by Gasteiger charge is -2.20. The van der Waals surface area contributed by atoms with E-state index in [0.717, 1.165) is 10.7 Å². The molecule has 2 aromatic rings. The highest BCUT2D eigenvalue weighted by atomic mass is 32.2. The Morgan fingerprint density at radius 2 is 1.74 bits per heavy atom. The Morgan fingerprint density at radius 3 is 2.32 bits per heavy atom. The summed E-state index contributed by atoms with van der Waals surface area (Å²) in [5.41, 5.74) is 1.18. The molecular formula is C21H25N3O6S. The molecule has 1 N–H and O–H groups in total. The summed E-state index contributed by atoms with van der Waals surface area (Å²) in [6.07, 6.45) is 1.22. The maximum absolute atomic E-state index is 12.8. The number of hydrogen-bond donors (Lipinski definition) is 1. The molecule has 0 atom stereocenters. The average Bonchev–Trinajstić information content (AvgIpc) is 3.18. The Hall–Kier alpha value is -3.11. The number of nitrogens with zero attached hydrogens (tertiary/aromatic N) is 2. The first-order valence-electron chi connectivity index (χ1n) is 9.59. The van der Waals surface area contributed by atoms with Crippen LogP contribution in [0.25, 0.3) is 0 Å². The smallest absolute Gasteiger partial charge is 0.255 e. The van der Waals surface area contributed by atoms with E-state index in [-0.39, 0.29) is 22.1 Å². The van der Waals surface area contributed by atoms with Crippen LogP contribution in [0.1, 0.15) is 23.2 Å². The molecule has 0 radical (unpaired) electrons. The first-order chi connectivity index (χ1) is 14.7. The zero-order valence-electron chi connectivity index (χ0n) is 17.8. The van der Waals surface area contributed by atoms with Gasteiger partial charge in [-0.1, -0.05) is 0 Å². The molecule has 0 aromatic heterocycles. The topological polar surface area (TPSA) is 105 Å². The van der Waals surface area contributed by atoms with Crippen LogP contribution >= 0.6 is 0 Å². The van der Waals surface area contributed by atoms with Gasteiger partial charge in [-0.25, -0.2) is 12.7 Å². The minimum Gasteiger partial charge on any atom is -0.495 e. The van der Waals surface area contributed by atoms with E-state index in [1.807, 2.05) is 0 Å². The Morgan fingerprint density at radius 1 is 1.06 bits per heavy atom. The Labute approximate surface area is 181 Å². The maximum atomic E-state index is 12.8. The van der Waals surface area contributed by atoms with Crippen LogP contribution < -0.4 is 19.7 Å². The molecule has 1 heterocycles. The van der Waals surface area contributed by atoms with Gasteiger partial charge in [0, 0.05) is 38.3 Å². The van der Waals surface area contributed by atoms with Crippen molar-refractivity contribution in [2.45, 2.75) is 17.7 Å². The van der Waals surface area contributed by atoms with E-state index in [1.165, 1.54) is 46.5 Å². The molecule has 3 rings (SSSR count). The fraction of sp³-hybridized carbons (Fsp3) is 0.333. The summed E-state index contributed by atoms with van der Waals surface area (Å²) in [5, 5.41) is 2.75. The zero-order chi connectivity index (χ0) is 22.8. The van der Waals surface area contributed by atoms with Crippen molar-refractivity contribution in [3.63, 3.8) is 0 Å². The molecule has 1 fully saturated rings. The first kappa shape index (κ1) is 22.6. The summed E-state index contributed by atoms with van der Waals surface area (Å²) in [6, 6.07) is 9.19. The van der Waals surface area contributed by atoms with Crippen LogP contribution in [0.15, 0.2) is 41.3 Å². The van der Waals surface area contributed by atoms with Gasteiger partial charge in [-0.05, 0) is 42.8 Å². The molecular weight excluding hydrogens is 422 g/mol. The lowest BCUT2D eigenvalue weighted by atomic mass is 10.2. The minimum absolute atomic E-state index is 0.00420. The van der Waals surface area contributed by atoms with Crippen LogP contribution in [0, 0.1) is 0 Å². The van der Waals surface area contributed by atoms with Crippen LogP contribution in [0.4, 0.5) is 11.4 Å². The molecule has 0 unspecified atom stereocenters. The van der Waals surface area contributed by atoms with Crippen LogP contribution in [0.2, 0.25) is 0 Å².